The van der Waals surface area contributed by atoms with Crippen molar-refractivity contribution < 1.29 is 32.5 Å². The van der Waals surface area contributed by atoms with Crippen LogP contribution in [-0.2, 0) is 11.2 Å². The van der Waals surface area contributed by atoms with E-state index < -0.39 is 18.5 Å². The van der Waals surface area contributed by atoms with Crippen LogP contribution in [0, 0.1) is 6.92 Å². The summed E-state index contributed by atoms with van der Waals surface area (Å²) >= 11 is 0. The zero-order valence-electron chi connectivity index (χ0n) is 18.7. The summed E-state index contributed by atoms with van der Waals surface area (Å²) in [6.07, 6.45) is -3.58. The van der Waals surface area contributed by atoms with Gasteiger partial charge >= 0.3 is 6.36 Å². The summed E-state index contributed by atoms with van der Waals surface area (Å²) < 4.78 is 46.1. The highest BCUT2D eigenvalue weighted by Crippen LogP contribution is 2.26. The summed E-state index contributed by atoms with van der Waals surface area (Å²) in [6, 6.07) is 10.0. The first-order valence-electron chi connectivity index (χ1n) is 10.8. The van der Waals surface area contributed by atoms with Gasteiger partial charge < -0.3 is 24.8 Å². The fourth-order valence-corrected chi connectivity index (χ4v) is 4.04. The van der Waals surface area contributed by atoms with Crippen LogP contribution in [0.5, 0.6) is 11.5 Å². The van der Waals surface area contributed by atoms with Gasteiger partial charge in [0.05, 0.1) is 19.6 Å². The van der Waals surface area contributed by atoms with E-state index in [0.29, 0.717) is 23.4 Å². The molecule has 180 valence electrons. The summed E-state index contributed by atoms with van der Waals surface area (Å²) in [7, 11) is 1.58. The molecule has 2 atom stereocenters. The average Bonchev–Trinajstić information content (AvgIpc) is 3.26. The van der Waals surface area contributed by atoms with Crippen LogP contribution in [0.1, 0.15) is 35.6 Å². The number of carbonyl (C=O) groups is 1. The first-order chi connectivity index (χ1) is 15.6. The van der Waals surface area contributed by atoms with Crippen LogP contribution >= 0.6 is 0 Å². The number of halogens is 3. The Hall–Kier alpha value is -2.78. The highest BCUT2D eigenvalue weighted by Gasteiger charge is 2.31. The Morgan fingerprint density at radius 3 is 2.39 bits per heavy atom. The van der Waals surface area contributed by atoms with Crippen molar-refractivity contribution in [1.29, 1.82) is 0 Å². The molecular weight excluding hydrogens is 437 g/mol. The van der Waals surface area contributed by atoms with Gasteiger partial charge in [-0.3, -0.25) is 4.79 Å². The largest absolute Gasteiger partial charge is 0.573 e. The number of likely N-dealkylation sites (tertiary alicyclic amines) is 1. The molecule has 0 aromatic heterocycles. The third kappa shape index (κ3) is 7.36. The van der Waals surface area contributed by atoms with E-state index in [1.807, 2.05) is 13.0 Å². The maximum Gasteiger partial charge on any atom is 0.573 e. The summed E-state index contributed by atoms with van der Waals surface area (Å²) in [4.78, 5) is 14.9. The van der Waals surface area contributed by atoms with Gasteiger partial charge in [0.1, 0.15) is 17.6 Å². The molecule has 1 aliphatic heterocycles. The van der Waals surface area contributed by atoms with Gasteiger partial charge in [0.25, 0.3) is 0 Å². The molecule has 2 unspecified atom stereocenters. The lowest BCUT2D eigenvalue weighted by molar-refractivity contribution is -0.274. The number of hydrogen-bond acceptors (Lipinski definition) is 5. The normalized spacial score (nSPS) is 16.3. The molecule has 1 amide bonds. The van der Waals surface area contributed by atoms with E-state index in [-0.39, 0.29) is 18.1 Å². The quantitative estimate of drug-likeness (QED) is 0.589. The topological polar surface area (TPSA) is 71.0 Å². The zero-order chi connectivity index (χ0) is 24.0. The highest BCUT2D eigenvalue weighted by molar-refractivity contribution is 5.79. The van der Waals surface area contributed by atoms with Crippen LogP contribution in [0.3, 0.4) is 0 Å². The SMILES string of the molecule is COc1ccc(C(O)C(CN2CCCC2)NC(=O)Cc2ccc(OC(F)(F)F)cc2)cc1C. The number of benzene rings is 2. The third-order valence-corrected chi connectivity index (χ3v) is 5.66. The summed E-state index contributed by atoms with van der Waals surface area (Å²) in [5.41, 5.74) is 2.09. The minimum Gasteiger partial charge on any atom is -0.496 e. The van der Waals surface area contributed by atoms with Crippen LogP contribution < -0.4 is 14.8 Å². The fraction of sp³-hybridized carbons (Fsp3) is 0.458. The molecule has 2 aromatic carbocycles. The number of aliphatic hydroxyl groups excluding tert-OH is 1. The predicted octanol–water partition coefficient (Wildman–Crippen LogP) is 3.76. The Kier molecular flexibility index (Phi) is 8.20. The summed E-state index contributed by atoms with van der Waals surface area (Å²) in [6.45, 7) is 4.19. The first kappa shape index (κ1) is 24.9. The number of nitrogens with one attached hydrogen (secondary N) is 1. The van der Waals surface area contributed by atoms with Gasteiger partial charge in [-0.2, -0.15) is 0 Å². The maximum absolute atomic E-state index is 12.7. The van der Waals surface area contributed by atoms with E-state index in [1.54, 1.807) is 19.2 Å². The lowest BCUT2D eigenvalue weighted by atomic mass is 9.99. The molecule has 0 bridgehead atoms. The molecule has 0 radical (unpaired) electrons. The molecule has 0 aliphatic carbocycles. The molecule has 1 heterocycles. The number of alkyl halides is 3. The summed E-state index contributed by atoms with van der Waals surface area (Å²) in [5.74, 6) is 0.0425. The molecule has 9 heteroatoms. The molecule has 1 saturated heterocycles. The van der Waals surface area contributed by atoms with Gasteiger partial charge in [-0.25, -0.2) is 0 Å². The van der Waals surface area contributed by atoms with Gasteiger partial charge in [0, 0.05) is 6.54 Å². The number of aryl methyl sites for hydroxylation is 1. The van der Waals surface area contributed by atoms with Crippen LogP contribution in [0.25, 0.3) is 0 Å². The Morgan fingerprint density at radius 2 is 1.82 bits per heavy atom. The standard InChI is InChI=1S/C24H29F3N2O4/c1-16-13-18(7-10-21(16)32-2)23(31)20(15-29-11-3-4-12-29)28-22(30)14-17-5-8-19(9-6-17)33-24(25,26)27/h5-10,13,20,23,31H,3-4,11-12,14-15H2,1-2H3,(H,28,30). The fourth-order valence-electron chi connectivity index (χ4n) is 4.04. The minimum absolute atomic E-state index is 0.0306. The molecule has 2 N–H and O–H groups in total. The van der Waals surface area contributed by atoms with E-state index in [0.717, 1.165) is 31.5 Å². The molecule has 3 rings (SSSR count). The van der Waals surface area contributed by atoms with Crippen molar-refractivity contribution in [2.24, 2.45) is 0 Å². The molecule has 6 nitrogen and oxygen atoms in total. The van der Waals surface area contributed by atoms with Gasteiger partial charge in [-0.15, -0.1) is 13.2 Å². The lowest BCUT2D eigenvalue weighted by Crippen LogP contribution is -2.47. The number of rotatable bonds is 9. The van der Waals surface area contributed by atoms with E-state index in [1.165, 1.54) is 24.3 Å². The average molecular weight is 467 g/mol. The predicted molar refractivity (Wildman–Crippen MR) is 117 cm³/mol. The number of methoxy groups -OCH3 is 1. The van der Waals surface area contributed by atoms with Crippen LogP contribution in [-0.4, -0.2) is 55.1 Å². The molecule has 1 fully saturated rings. The molecule has 0 saturated carbocycles. The van der Waals surface area contributed by atoms with Crippen molar-refractivity contribution in [2.45, 2.75) is 44.7 Å². The second kappa shape index (κ2) is 10.9. The van der Waals surface area contributed by atoms with E-state index in [2.05, 4.69) is 15.0 Å². The van der Waals surface area contributed by atoms with Crippen LogP contribution in [0.2, 0.25) is 0 Å². The maximum atomic E-state index is 12.7. The summed E-state index contributed by atoms with van der Waals surface area (Å²) in [5, 5.41) is 14.0. The lowest BCUT2D eigenvalue weighted by Gasteiger charge is -2.29. The number of aliphatic hydroxyl groups is 1. The smallest absolute Gasteiger partial charge is 0.496 e. The third-order valence-electron chi connectivity index (χ3n) is 5.66. The Labute approximate surface area is 191 Å². The number of carbonyl (C=O) groups excluding carboxylic acids is 1. The molecule has 33 heavy (non-hydrogen) atoms. The van der Waals surface area contributed by atoms with Gasteiger partial charge in [-0.05, 0) is 73.8 Å². The van der Waals surface area contributed by atoms with Crippen LogP contribution in [0.15, 0.2) is 42.5 Å². The van der Waals surface area contributed by atoms with Crippen molar-refractivity contribution in [2.75, 3.05) is 26.7 Å². The minimum atomic E-state index is -4.77. The highest BCUT2D eigenvalue weighted by atomic mass is 19.4. The Morgan fingerprint density at radius 1 is 1.15 bits per heavy atom. The number of ether oxygens (including phenoxy) is 2. The first-order valence-corrected chi connectivity index (χ1v) is 10.8. The van der Waals surface area contributed by atoms with Crippen molar-refractivity contribution in [3.05, 3.63) is 59.2 Å². The Bertz CT molecular complexity index is 928. The van der Waals surface area contributed by atoms with E-state index >= 15 is 0 Å². The molecule has 1 aliphatic rings. The molecule has 2 aromatic rings. The van der Waals surface area contributed by atoms with Crippen LogP contribution in [0.4, 0.5) is 13.2 Å². The number of nitrogens with zero attached hydrogens (tertiary/aromatic N) is 1. The molecule has 0 spiro atoms. The number of amides is 1. The molecular formula is C24H29F3N2O4. The van der Waals surface area contributed by atoms with E-state index in [4.69, 9.17) is 4.74 Å². The second-order valence-corrected chi connectivity index (χ2v) is 8.22. The van der Waals surface area contributed by atoms with Gasteiger partial charge in [0.15, 0.2) is 0 Å². The van der Waals surface area contributed by atoms with Crippen molar-refractivity contribution in [1.82, 2.24) is 10.2 Å². The van der Waals surface area contributed by atoms with Crippen molar-refractivity contribution >= 4 is 5.91 Å². The zero-order valence-corrected chi connectivity index (χ0v) is 18.7. The Balaban J connectivity index is 1.68. The monoisotopic (exact) mass is 466 g/mol. The van der Waals surface area contributed by atoms with Gasteiger partial charge in [-0.1, -0.05) is 18.2 Å². The van der Waals surface area contributed by atoms with Gasteiger partial charge in [0.2, 0.25) is 5.91 Å². The van der Waals surface area contributed by atoms with E-state index in [9.17, 15) is 23.1 Å². The van der Waals surface area contributed by atoms with Crippen molar-refractivity contribution in [3.8, 4) is 11.5 Å². The number of hydrogen-bond donors (Lipinski definition) is 2. The second-order valence-electron chi connectivity index (χ2n) is 8.22. The van der Waals surface area contributed by atoms with Crippen molar-refractivity contribution in [3.63, 3.8) is 0 Å².